The van der Waals surface area contributed by atoms with Gasteiger partial charge in [-0.3, -0.25) is 9.97 Å². The maximum Gasteiger partial charge on any atom is 0.200 e. The van der Waals surface area contributed by atoms with Gasteiger partial charge in [0, 0.05) is 80.2 Å². The summed E-state index contributed by atoms with van der Waals surface area (Å²) in [7, 11) is 0. The summed E-state index contributed by atoms with van der Waals surface area (Å²) in [5.41, 5.74) is -16.5. The summed E-state index contributed by atoms with van der Waals surface area (Å²) >= 11 is 0. The molecule has 562 valence electrons. The fraction of sp³-hybridized carbons (Fsp3) is 0. The molecule has 16 rings (SSSR count). The first-order chi connectivity index (χ1) is 55.9. The number of benzene rings is 4. The molecule has 116 heavy (non-hydrogen) atoms. The lowest BCUT2D eigenvalue weighted by molar-refractivity contribution is 0.381. The number of pyridine rings is 2. The Bertz CT molecular complexity index is 6700. The minimum Gasteiger partial charge on any atom is -0.354 e. The van der Waals surface area contributed by atoms with Crippen molar-refractivity contribution in [2.75, 3.05) is 0 Å². The molecule has 0 amide bonds. The Morgan fingerprint density at radius 3 is 0.560 bits per heavy atom. The summed E-state index contributed by atoms with van der Waals surface area (Å²) in [4.78, 5) is 37.2. The van der Waals surface area contributed by atoms with Crippen LogP contribution in [0.5, 0.6) is 0 Å². The Labute approximate surface area is 636 Å². The number of aromatic nitrogens is 10. The minimum absolute atomic E-state index is 0.170. The highest BCUT2D eigenvalue weighted by atomic mass is 19.2. The van der Waals surface area contributed by atoms with Crippen LogP contribution in [0, 0.1) is 187 Å². The Balaban J connectivity index is 0.996. The Kier molecular flexibility index (Phi) is 19.0. The molecule has 10 nitrogen and oxygen atoms in total. The van der Waals surface area contributed by atoms with Gasteiger partial charge in [-0.25, -0.2) is 108 Å². The van der Waals surface area contributed by atoms with Crippen molar-refractivity contribution >= 4 is 92.7 Å². The maximum absolute atomic E-state index is 16.5. The van der Waals surface area contributed by atoms with Crippen molar-refractivity contribution in [3.05, 3.63) is 293 Å². The second-order valence-electron chi connectivity index (χ2n) is 24.8. The van der Waals surface area contributed by atoms with Gasteiger partial charge in [0.2, 0.25) is 23.3 Å². The third kappa shape index (κ3) is 12.8. The molecule has 4 aliphatic heterocycles. The number of halogens is 20. The van der Waals surface area contributed by atoms with Gasteiger partial charge < -0.3 is 19.9 Å². The van der Waals surface area contributed by atoms with Crippen LogP contribution in [0.3, 0.4) is 0 Å². The highest BCUT2D eigenvalue weighted by molar-refractivity contribution is 5.99. The lowest BCUT2D eigenvalue weighted by Gasteiger charge is -2.10. The van der Waals surface area contributed by atoms with Crippen LogP contribution < -0.4 is 0 Å². The van der Waals surface area contributed by atoms with Crippen LogP contribution in [0.2, 0.25) is 0 Å². The smallest absolute Gasteiger partial charge is 0.200 e. The zero-order valence-corrected chi connectivity index (χ0v) is 57.1. The van der Waals surface area contributed by atoms with Crippen molar-refractivity contribution in [3.8, 4) is 116 Å². The van der Waals surface area contributed by atoms with Crippen molar-refractivity contribution in [2.45, 2.75) is 0 Å². The van der Waals surface area contributed by atoms with E-state index in [4.69, 9.17) is 0 Å². The van der Waals surface area contributed by atoms with Gasteiger partial charge in [0.25, 0.3) is 0 Å². The van der Waals surface area contributed by atoms with Crippen LogP contribution >= 0.6 is 0 Å². The maximum atomic E-state index is 16.5. The van der Waals surface area contributed by atoms with E-state index in [2.05, 4.69) is 121 Å². The van der Waals surface area contributed by atoms with E-state index in [0.29, 0.717) is 11.1 Å². The third-order valence-corrected chi connectivity index (χ3v) is 18.1. The molecule has 4 N–H and O–H groups in total. The van der Waals surface area contributed by atoms with Crippen molar-refractivity contribution in [3.63, 3.8) is 0 Å². The monoisotopic (exact) mass is 1580 g/mol. The first kappa shape index (κ1) is 74.4. The van der Waals surface area contributed by atoms with Crippen LogP contribution in [0.4, 0.5) is 87.8 Å². The average Bonchev–Trinajstić information content (AvgIpc) is 1.24. The van der Waals surface area contributed by atoms with Gasteiger partial charge >= 0.3 is 0 Å². The number of nitrogens with zero attached hydrogens (tertiary/aromatic N) is 6. The molecule has 8 aromatic heterocycles. The number of H-pyrrole nitrogens is 4. The SMILES string of the molecule is Fc1c(F)c(F)c(-c2c3nc(c(C#CC#Cc4c5nc(c(-c6c(F)c(F)c(F)c(F)c6F)c6ccc([nH]6)c(C#CC#Cc6ccncc6)c6nc(c(-c7c(F)c(F)c(F)c(F)c7F)c7ccc4[nH]7)C=C6)C=C5)c4ccc([nH]4)c(-c4c(F)c(F)c(F)c(F)c4F)c4nc(c(C#CC#Cc5ccncc5)c5ccc2[nH]5)C=C4)C=C3)c(F)c1F. The molecule has 30 heteroatoms. The predicted octanol–water partition coefficient (Wildman–Crippen LogP) is 20.1. The molecule has 0 saturated heterocycles. The van der Waals surface area contributed by atoms with Gasteiger partial charge in [-0.1, -0.05) is 11.8 Å². The van der Waals surface area contributed by atoms with E-state index in [1.54, 1.807) is 0 Å². The number of rotatable bonds is 4. The van der Waals surface area contributed by atoms with Gasteiger partial charge in [-0.15, -0.1) is 0 Å². The van der Waals surface area contributed by atoms with Gasteiger partial charge in [0.1, 0.15) is 0 Å². The van der Waals surface area contributed by atoms with Gasteiger partial charge in [-0.05, 0) is 181 Å². The zero-order valence-electron chi connectivity index (χ0n) is 57.1. The predicted molar refractivity (Wildman–Crippen MR) is 388 cm³/mol. The van der Waals surface area contributed by atoms with Crippen molar-refractivity contribution < 1.29 is 87.8 Å². The second-order valence-corrected chi connectivity index (χ2v) is 24.8. The quantitative estimate of drug-likeness (QED) is 0.0599. The van der Waals surface area contributed by atoms with Crippen molar-refractivity contribution in [2.24, 2.45) is 0 Å². The van der Waals surface area contributed by atoms with Crippen LogP contribution in [-0.2, 0) is 0 Å². The van der Waals surface area contributed by atoms with E-state index in [1.165, 1.54) is 73.3 Å². The Hall–Kier alpha value is -15.7. The summed E-state index contributed by atoms with van der Waals surface area (Å²) < 4.78 is 316. The summed E-state index contributed by atoms with van der Waals surface area (Å²) in [6, 6.07) is 15.0. The van der Waals surface area contributed by atoms with E-state index in [0.717, 1.165) is 72.9 Å². The molecule has 12 heterocycles. The fourth-order valence-electron chi connectivity index (χ4n) is 12.7. The van der Waals surface area contributed by atoms with E-state index in [1.807, 2.05) is 0 Å². The molecule has 16 bridgehead atoms. The van der Waals surface area contributed by atoms with Crippen LogP contribution in [0.15, 0.2) is 97.6 Å². The highest BCUT2D eigenvalue weighted by Gasteiger charge is 2.35. The fourth-order valence-corrected chi connectivity index (χ4v) is 12.7. The molecular weight excluding hydrogens is 1550 g/mol. The van der Waals surface area contributed by atoms with Gasteiger partial charge in [0.15, 0.2) is 93.1 Å². The largest absolute Gasteiger partial charge is 0.354 e. The standard InChI is InChI=1S/C86H28F20N10/c87-67-63(68(88)76(96)83(103)75(67)95)59-51-21-13-43(109-51)39(9-3-1-7-37-29-33-107-34-30-37)44-14-22-52(110-44)60(64-69(89)77(97)84(104)78(98)70(64)90)56-26-18-48(114-56)41(47-17-25-55(59)113-47)11-5-6-12-42-49-19-27-57(115-49)61(65-71(91)79(99)85(105)80(100)72(65)92)53-23-15-45(111-53)40(10-4-2-8-38-31-35-108-36-32-38)46-16-24-54(112-46)62(58-28-20-50(42)116-58)66-73(93)81(101)86(106)82(102)74(66)94/h13-36,109,111,114,116H. The van der Waals surface area contributed by atoms with Crippen LogP contribution in [0.25, 0.3) is 137 Å². The number of aromatic amines is 4. The number of fused-ring (bicyclic) bond motifs is 16. The van der Waals surface area contributed by atoms with E-state index in [-0.39, 0.29) is 44.6 Å². The zero-order chi connectivity index (χ0) is 81.4. The Morgan fingerprint density at radius 2 is 0.353 bits per heavy atom. The average molecular weight is 1580 g/mol. The highest BCUT2D eigenvalue weighted by Crippen LogP contribution is 2.44. The summed E-state index contributed by atoms with van der Waals surface area (Å²) in [6.07, 6.45) is 14.4. The first-order valence-corrected chi connectivity index (χ1v) is 33.1. The van der Waals surface area contributed by atoms with E-state index < -0.39 is 228 Å². The molecule has 0 aliphatic carbocycles. The normalized spacial score (nSPS) is 11.6. The molecule has 0 saturated carbocycles. The molecule has 12 aromatic rings. The van der Waals surface area contributed by atoms with Crippen molar-refractivity contribution in [1.82, 2.24) is 49.8 Å². The lowest BCUT2D eigenvalue weighted by Crippen LogP contribution is -2.05. The molecule has 0 unspecified atom stereocenters. The lowest BCUT2D eigenvalue weighted by atomic mass is 10.0. The van der Waals surface area contributed by atoms with E-state index in [9.17, 15) is 17.6 Å². The van der Waals surface area contributed by atoms with Crippen molar-refractivity contribution in [1.29, 1.82) is 0 Å². The number of nitrogens with one attached hydrogen (secondary N) is 4. The molecule has 4 aliphatic rings. The topological polar surface area (TPSA) is 140 Å². The summed E-state index contributed by atoms with van der Waals surface area (Å²) in [5.74, 6) is -16.5. The first-order valence-electron chi connectivity index (χ1n) is 33.1. The molecular formula is C86H28F20N10. The van der Waals surface area contributed by atoms with Gasteiger partial charge in [0.05, 0.1) is 112 Å². The van der Waals surface area contributed by atoms with Crippen LogP contribution in [0.1, 0.15) is 78.9 Å². The van der Waals surface area contributed by atoms with Gasteiger partial charge in [-0.2, -0.15) is 0 Å². The second kappa shape index (κ2) is 29.5. The Morgan fingerprint density at radius 1 is 0.181 bits per heavy atom. The number of hydrogen-bond acceptors (Lipinski definition) is 6. The summed E-state index contributed by atoms with van der Waals surface area (Å²) in [5, 5.41) is 0. The van der Waals surface area contributed by atoms with Crippen LogP contribution in [-0.4, -0.2) is 49.8 Å². The minimum atomic E-state index is -2.55. The molecule has 4 aromatic carbocycles. The number of hydrogen-bond donors (Lipinski definition) is 4. The molecule has 0 atom stereocenters. The van der Waals surface area contributed by atoms with E-state index >= 15 is 70.2 Å². The molecule has 0 spiro atoms. The summed E-state index contributed by atoms with van der Waals surface area (Å²) in [6.45, 7) is 0. The molecule has 0 radical (unpaired) electrons. The third-order valence-electron chi connectivity index (χ3n) is 18.1. The molecule has 0 fully saturated rings.